The Labute approximate surface area is 209 Å². The van der Waals surface area contributed by atoms with Crippen LogP contribution in [0.5, 0.6) is 0 Å². The largest absolute Gasteiger partial charge is 0.450 e. The van der Waals surface area contributed by atoms with Gasteiger partial charge in [-0.25, -0.2) is 24.1 Å². The number of piperazine rings is 1. The number of carbonyl (C=O) groups is 1. The van der Waals surface area contributed by atoms with E-state index in [1.807, 2.05) is 29.5 Å². The molecule has 1 saturated carbocycles. The van der Waals surface area contributed by atoms with Crippen LogP contribution in [0.3, 0.4) is 0 Å². The molecule has 10 heteroatoms. The number of hydrogen-bond acceptors (Lipinski definition) is 7. The van der Waals surface area contributed by atoms with Crippen molar-refractivity contribution >= 4 is 23.1 Å². The van der Waals surface area contributed by atoms with Crippen molar-refractivity contribution in [2.75, 3.05) is 50.8 Å². The first-order valence-electron chi connectivity index (χ1n) is 12.8. The van der Waals surface area contributed by atoms with E-state index in [9.17, 15) is 9.18 Å². The minimum absolute atomic E-state index is 0.180. The molecule has 3 fully saturated rings. The van der Waals surface area contributed by atoms with Gasteiger partial charge in [-0.2, -0.15) is 0 Å². The lowest BCUT2D eigenvalue weighted by atomic mass is 9.78. The second-order valence-corrected chi connectivity index (χ2v) is 10.4. The summed E-state index contributed by atoms with van der Waals surface area (Å²) in [4.78, 5) is 32.1. The summed E-state index contributed by atoms with van der Waals surface area (Å²) in [5, 5.41) is 0. The van der Waals surface area contributed by atoms with Crippen molar-refractivity contribution in [3.63, 3.8) is 0 Å². The summed E-state index contributed by atoms with van der Waals surface area (Å²) in [5.74, 6) is 0.433. The minimum Gasteiger partial charge on any atom is -0.450 e. The lowest BCUT2D eigenvalue weighted by molar-refractivity contribution is -0.00294. The molecule has 190 valence electrons. The molecule has 0 bridgehead atoms. The molecular formula is C26H32FN7O2. The van der Waals surface area contributed by atoms with Crippen molar-refractivity contribution in [1.29, 1.82) is 0 Å². The summed E-state index contributed by atoms with van der Waals surface area (Å²) in [5.41, 5.74) is 3.40. The monoisotopic (exact) mass is 493 g/mol. The number of imidazole rings is 1. The second kappa shape index (κ2) is 8.99. The van der Waals surface area contributed by atoms with Crippen molar-refractivity contribution in [3.8, 4) is 11.1 Å². The molecule has 1 spiro atoms. The van der Waals surface area contributed by atoms with Crippen molar-refractivity contribution in [1.82, 2.24) is 29.3 Å². The molecule has 6 rings (SSSR count). The van der Waals surface area contributed by atoms with Gasteiger partial charge < -0.3 is 19.1 Å². The van der Waals surface area contributed by atoms with Crippen LogP contribution in [0.15, 0.2) is 30.9 Å². The van der Waals surface area contributed by atoms with Crippen LogP contribution >= 0.6 is 0 Å². The van der Waals surface area contributed by atoms with E-state index in [-0.39, 0.29) is 17.3 Å². The number of fused-ring (bicyclic) bond motifs is 1. The van der Waals surface area contributed by atoms with Crippen molar-refractivity contribution in [3.05, 3.63) is 36.7 Å². The molecule has 9 nitrogen and oxygen atoms in total. The van der Waals surface area contributed by atoms with Crippen LogP contribution in [0.1, 0.15) is 26.2 Å². The van der Waals surface area contributed by atoms with Crippen LogP contribution in [-0.2, 0) is 11.8 Å². The number of aryl methyl sites for hydroxylation is 1. The Morgan fingerprint density at radius 3 is 2.72 bits per heavy atom. The predicted molar refractivity (Wildman–Crippen MR) is 134 cm³/mol. The topological polar surface area (TPSA) is 79.6 Å². The molecule has 0 aromatic carbocycles. The number of nitrogens with zero attached hydrogens (tertiary/aromatic N) is 7. The van der Waals surface area contributed by atoms with Gasteiger partial charge in [0.2, 0.25) is 0 Å². The van der Waals surface area contributed by atoms with E-state index in [1.165, 1.54) is 19.0 Å². The summed E-state index contributed by atoms with van der Waals surface area (Å²) in [7, 11) is 1.91. The average Bonchev–Trinajstić information content (AvgIpc) is 3.48. The van der Waals surface area contributed by atoms with Crippen molar-refractivity contribution < 1.29 is 13.9 Å². The maximum Gasteiger partial charge on any atom is 0.409 e. The van der Waals surface area contributed by atoms with Gasteiger partial charge >= 0.3 is 6.09 Å². The van der Waals surface area contributed by atoms with E-state index in [4.69, 9.17) is 4.74 Å². The highest BCUT2D eigenvalue weighted by Gasteiger charge is 2.51. The van der Waals surface area contributed by atoms with Crippen LogP contribution in [0.4, 0.5) is 15.0 Å². The number of halogens is 1. The fraction of sp³-hybridized carbons (Fsp3) is 0.538. The smallest absolute Gasteiger partial charge is 0.409 e. The lowest BCUT2D eigenvalue weighted by Gasteiger charge is -2.48. The number of anilines is 1. The molecule has 0 N–H and O–H groups in total. The number of amides is 1. The maximum atomic E-state index is 14.3. The Balaban J connectivity index is 1.12. The zero-order valence-corrected chi connectivity index (χ0v) is 20.9. The normalized spacial score (nSPS) is 21.8. The second-order valence-electron chi connectivity index (χ2n) is 10.4. The molecule has 1 amide bonds. The molecule has 3 aliphatic rings. The van der Waals surface area contributed by atoms with E-state index in [0.717, 1.165) is 73.8 Å². The average molecular weight is 494 g/mol. The molecule has 2 aliphatic heterocycles. The zero-order chi connectivity index (χ0) is 24.9. The molecule has 1 atom stereocenters. The van der Waals surface area contributed by atoms with Gasteiger partial charge in [0.15, 0.2) is 5.65 Å². The molecular weight excluding hydrogens is 461 g/mol. The molecule has 0 unspecified atom stereocenters. The minimum atomic E-state index is -0.359. The summed E-state index contributed by atoms with van der Waals surface area (Å²) < 4.78 is 21.3. The zero-order valence-electron chi connectivity index (χ0n) is 20.9. The van der Waals surface area contributed by atoms with E-state index >= 15 is 0 Å². The van der Waals surface area contributed by atoms with E-state index in [0.29, 0.717) is 12.6 Å². The summed E-state index contributed by atoms with van der Waals surface area (Å²) in [6.07, 6.45) is 8.10. The molecule has 2 saturated heterocycles. The van der Waals surface area contributed by atoms with Crippen LogP contribution in [-0.4, -0.2) is 87.3 Å². The SMILES string of the molecule is CCOC(=O)N1CC2(CC[C@@H](N3CCN(c4ncc(F)cc4-c4cnc5c(c4)ncn5C)CC3)C2)C1. The Morgan fingerprint density at radius 1 is 1.14 bits per heavy atom. The van der Waals surface area contributed by atoms with E-state index in [2.05, 4.69) is 24.8 Å². The van der Waals surface area contributed by atoms with Crippen LogP contribution in [0, 0.1) is 11.2 Å². The summed E-state index contributed by atoms with van der Waals surface area (Å²) in [6, 6.07) is 4.05. The quantitative estimate of drug-likeness (QED) is 0.552. The van der Waals surface area contributed by atoms with Gasteiger partial charge in [0.1, 0.15) is 17.2 Å². The highest BCUT2D eigenvalue weighted by Crippen LogP contribution is 2.47. The molecule has 0 radical (unpaired) electrons. The number of hydrogen-bond donors (Lipinski definition) is 0. The number of carbonyl (C=O) groups excluding carboxylic acids is 1. The third kappa shape index (κ3) is 4.07. The molecule has 3 aromatic rings. The third-order valence-corrected chi connectivity index (χ3v) is 8.08. The summed E-state index contributed by atoms with van der Waals surface area (Å²) >= 11 is 0. The van der Waals surface area contributed by atoms with E-state index < -0.39 is 0 Å². The number of pyridine rings is 2. The van der Waals surface area contributed by atoms with Gasteiger partial charge in [-0.1, -0.05) is 0 Å². The number of ether oxygens (including phenoxy) is 1. The van der Waals surface area contributed by atoms with E-state index in [1.54, 1.807) is 18.6 Å². The molecule has 5 heterocycles. The first-order valence-corrected chi connectivity index (χ1v) is 12.8. The standard InChI is InChI=1S/C26H32FN7O2/c1-3-36-25(35)34-15-26(16-34)5-4-20(12-26)32-6-8-33(9-7-32)23-21(11-19(27)14-29-23)18-10-22-24(28-13-18)31(2)17-30-22/h10-11,13-14,17,20H,3-9,12,15-16H2,1-2H3/t20-/m1/s1. The number of aromatic nitrogens is 4. The predicted octanol–water partition coefficient (Wildman–Crippen LogP) is 3.30. The first kappa shape index (κ1) is 23.1. The highest BCUT2D eigenvalue weighted by atomic mass is 19.1. The Morgan fingerprint density at radius 2 is 1.94 bits per heavy atom. The van der Waals surface area contributed by atoms with Gasteiger partial charge in [-0.05, 0) is 38.3 Å². The number of likely N-dealkylation sites (tertiary alicyclic amines) is 1. The maximum absolute atomic E-state index is 14.3. The highest BCUT2D eigenvalue weighted by molar-refractivity contribution is 5.82. The number of rotatable bonds is 4. The van der Waals surface area contributed by atoms with Crippen molar-refractivity contribution in [2.24, 2.45) is 12.5 Å². The van der Waals surface area contributed by atoms with Gasteiger partial charge in [-0.3, -0.25) is 4.90 Å². The lowest BCUT2D eigenvalue weighted by Crippen LogP contribution is -2.58. The Bertz CT molecular complexity index is 1280. The third-order valence-electron chi connectivity index (χ3n) is 8.08. The first-order chi connectivity index (χ1) is 17.4. The van der Waals surface area contributed by atoms with Crippen molar-refractivity contribution in [2.45, 2.75) is 32.2 Å². The van der Waals surface area contributed by atoms with Gasteiger partial charge in [-0.15, -0.1) is 0 Å². The van der Waals surface area contributed by atoms with Gasteiger partial charge in [0.25, 0.3) is 0 Å². The molecule has 1 aliphatic carbocycles. The van der Waals surface area contributed by atoms with Crippen LogP contribution < -0.4 is 4.90 Å². The van der Waals surface area contributed by atoms with Crippen LogP contribution in [0.2, 0.25) is 0 Å². The fourth-order valence-corrected chi connectivity index (χ4v) is 6.24. The molecule has 3 aromatic heterocycles. The van der Waals surface area contributed by atoms with Crippen LogP contribution in [0.25, 0.3) is 22.3 Å². The summed E-state index contributed by atoms with van der Waals surface area (Å²) in [6.45, 7) is 7.47. The molecule has 36 heavy (non-hydrogen) atoms. The van der Waals surface area contributed by atoms with Gasteiger partial charge in [0, 0.05) is 75.1 Å². The Kier molecular flexibility index (Phi) is 5.78. The Hall–Kier alpha value is -3.27. The fourth-order valence-electron chi connectivity index (χ4n) is 6.24. The van der Waals surface area contributed by atoms with Gasteiger partial charge in [0.05, 0.1) is 19.1 Å².